The summed E-state index contributed by atoms with van der Waals surface area (Å²) in [7, 11) is 0. The zero-order valence-electron chi connectivity index (χ0n) is 7.84. The van der Waals surface area contributed by atoms with Crippen molar-refractivity contribution in [2.75, 3.05) is 0 Å². The zero-order valence-corrected chi connectivity index (χ0v) is 8.66. The molecule has 0 aliphatic rings. The Labute approximate surface area is 78.6 Å². The topological polar surface area (TPSA) is 26.0 Å². The minimum absolute atomic E-state index is 0.341. The highest BCUT2D eigenvalue weighted by Gasteiger charge is 2.03. The lowest BCUT2D eigenvalue weighted by atomic mass is 10.1. The van der Waals surface area contributed by atoms with Gasteiger partial charge in [-0.2, -0.15) is 0 Å². The molecule has 1 heterocycles. The Bertz CT molecular complexity index is 229. The summed E-state index contributed by atoms with van der Waals surface area (Å²) in [6, 6.07) is 4.76. The minimum atomic E-state index is 0.341. The van der Waals surface area contributed by atoms with Gasteiger partial charge >= 0.3 is 0 Å². The lowest BCUT2D eigenvalue weighted by Gasteiger charge is -2.04. The molecule has 0 saturated carbocycles. The summed E-state index contributed by atoms with van der Waals surface area (Å²) in [6.07, 6.45) is 3.26. The van der Waals surface area contributed by atoms with E-state index in [0.29, 0.717) is 6.04 Å². The summed E-state index contributed by atoms with van der Waals surface area (Å²) in [5, 5.41) is 0. The van der Waals surface area contributed by atoms with E-state index >= 15 is 0 Å². The van der Waals surface area contributed by atoms with Crippen LogP contribution in [-0.2, 0) is 12.8 Å². The van der Waals surface area contributed by atoms with Gasteiger partial charge < -0.3 is 5.73 Å². The Morgan fingerprint density at radius 2 is 2.00 bits per heavy atom. The average Bonchev–Trinajstić information content (AvgIpc) is 2.52. The molecule has 0 saturated heterocycles. The highest BCUT2D eigenvalue weighted by molar-refractivity contribution is 7.11. The Morgan fingerprint density at radius 1 is 1.33 bits per heavy atom. The van der Waals surface area contributed by atoms with E-state index in [-0.39, 0.29) is 0 Å². The van der Waals surface area contributed by atoms with Crippen molar-refractivity contribution in [3.63, 3.8) is 0 Å². The zero-order chi connectivity index (χ0) is 8.97. The van der Waals surface area contributed by atoms with Crippen molar-refractivity contribution in [1.82, 2.24) is 0 Å². The highest BCUT2D eigenvalue weighted by Crippen LogP contribution is 2.18. The van der Waals surface area contributed by atoms with Crippen LogP contribution in [-0.4, -0.2) is 6.04 Å². The van der Waals surface area contributed by atoms with E-state index in [1.165, 1.54) is 9.75 Å². The van der Waals surface area contributed by atoms with Crippen LogP contribution in [0.3, 0.4) is 0 Å². The largest absolute Gasteiger partial charge is 0.327 e. The molecule has 0 fully saturated rings. The fourth-order valence-electron chi connectivity index (χ4n) is 1.12. The van der Waals surface area contributed by atoms with Crippen LogP contribution in [0.25, 0.3) is 0 Å². The van der Waals surface area contributed by atoms with Crippen molar-refractivity contribution in [2.24, 2.45) is 5.73 Å². The molecular weight excluding hydrogens is 166 g/mol. The van der Waals surface area contributed by atoms with Gasteiger partial charge in [-0.3, -0.25) is 0 Å². The fourth-order valence-corrected chi connectivity index (χ4v) is 2.18. The molecule has 1 unspecified atom stereocenters. The second-order valence-corrected chi connectivity index (χ2v) is 4.35. The van der Waals surface area contributed by atoms with Crippen LogP contribution in [0.15, 0.2) is 12.1 Å². The molecule has 0 amide bonds. The summed E-state index contributed by atoms with van der Waals surface area (Å²) in [5.41, 5.74) is 5.86. The lowest BCUT2D eigenvalue weighted by molar-refractivity contribution is 0.652. The molecule has 1 nitrogen and oxygen atoms in total. The molecule has 2 heteroatoms. The van der Waals surface area contributed by atoms with Crippen molar-refractivity contribution in [3.05, 3.63) is 21.9 Å². The predicted octanol–water partition coefficient (Wildman–Crippen LogP) is 2.59. The van der Waals surface area contributed by atoms with Crippen molar-refractivity contribution < 1.29 is 0 Å². The molecule has 0 aromatic carbocycles. The van der Waals surface area contributed by atoms with E-state index in [1.807, 2.05) is 11.3 Å². The Kier molecular flexibility index (Phi) is 3.76. The monoisotopic (exact) mass is 183 g/mol. The summed E-state index contributed by atoms with van der Waals surface area (Å²) in [4.78, 5) is 2.90. The first-order valence-corrected chi connectivity index (χ1v) is 5.41. The van der Waals surface area contributed by atoms with Gasteiger partial charge in [0.1, 0.15) is 0 Å². The summed E-state index contributed by atoms with van der Waals surface area (Å²) in [6.45, 7) is 4.33. The molecule has 1 rings (SSSR count). The molecule has 68 valence electrons. The van der Waals surface area contributed by atoms with Gasteiger partial charge in [0.15, 0.2) is 0 Å². The second kappa shape index (κ2) is 4.63. The number of hydrogen-bond donors (Lipinski definition) is 1. The molecule has 2 N–H and O–H groups in total. The van der Waals surface area contributed by atoms with E-state index in [0.717, 1.165) is 19.3 Å². The van der Waals surface area contributed by atoms with Gasteiger partial charge in [0.2, 0.25) is 0 Å². The molecule has 1 aromatic rings. The van der Waals surface area contributed by atoms with Crippen LogP contribution in [0.5, 0.6) is 0 Å². The van der Waals surface area contributed by atoms with Crippen LogP contribution in [0, 0.1) is 0 Å². The van der Waals surface area contributed by atoms with Crippen molar-refractivity contribution in [2.45, 2.75) is 39.2 Å². The van der Waals surface area contributed by atoms with E-state index in [2.05, 4.69) is 26.0 Å². The van der Waals surface area contributed by atoms with Gasteiger partial charge in [0.25, 0.3) is 0 Å². The SMILES string of the molecule is CCc1ccc(CC(N)CC)s1. The molecule has 0 aliphatic carbocycles. The molecule has 0 bridgehead atoms. The van der Waals surface area contributed by atoms with Gasteiger partial charge in [-0.25, -0.2) is 0 Å². The standard InChI is InChI=1S/C10H17NS/c1-3-8(11)7-10-6-5-9(4-2)12-10/h5-6,8H,3-4,7,11H2,1-2H3. The molecule has 1 atom stereocenters. The van der Waals surface area contributed by atoms with Gasteiger partial charge in [-0.15, -0.1) is 11.3 Å². The van der Waals surface area contributed by atoms with Crippen molar-refractivity contribution >= 4 is 11.3 Å². The Balaban J connectivity index is 2.52. The minimum Gasteiger partial charge on any atom is -0.327 e. The number of thiophene rings is 1. The maximum Gasteiger partial charge on any atom is 0.00845 e. The van der Waals surface area contributed by atoms with Crippen LogP contribution in [0.2, 0.25) is 0 Å². The second-order valence-electron chi connectivity index (χ2n) is 3.09. The lowest BCUT2D eigenvalue weighted by Crippen LogP contribution is -2.20. The van der Waals surface area contributed by atoms with Gasteiger partial charge in [-0.1, -0.05) is 13.8 Å². The third kappa shape index (κ3) is 2.61. The first-order chi connectivity index (χ1) is 5.76. The normalized spacial score (nSPS) is 13.2. The summed E-state index contributed by atoms with van der Waals surface area (Å²) < 4.78 is 0. The predicted molar refractivity (Wildman–Crippen MR) is 55.7 cm³/mol. The van der Waals surface area contributed by atoms with Crippen LogP contribution in [0.4, 0.5) is 0 Å². The van der Waals surface area contributed by atoms with Crippen LogP contribution < -0.4 is 5.73 Å². The summed E-state index contributed by atoms with van der Waals surface area (Å²) in [5.74, 6) is 0. The van der Waals surface area contributed by atoms with Crippen molar-refractivity contribution in [1.29, 1.82) is 0 Å². The van der Waals surface area contributed by atoms with Gasteiger partial charge in [0, 0.05) is 15.8 Å². The Hall–Kier alpha value is -0.340. The third-order valence-corrected chi connectivity index (χ3v) is 3.31. The molecule has 12 heavy (non-hydrogen) atoms. The fraction of sp³-hybridized carbons (Fsp3) is 0.600. The van der Waals surface area contributed by atoms with Crippen molar-refractivity contribution in [3.8, 4) is 0 Å². The number of nitrogens with two attached hydrogens (primary N) is 1. The maximum atomic E-state index is 5.86. The van der Waals surface area contributed by atoms with Gasteiger partial charge in [-0.05, 0) is 31.4 Å². The number of hydrogen-bond acceptors (Lipinski definition) is 2. The number of rotatable bonds is 4. The number of aryl methyl sites for hydroxylation is 1. The molecule has 1 aromatic heterocycles. The Morgan fingerprint density at radius 3 is 2.50 bits per heavy atom. The van der Waals surface area contributed by atoms with E-state index in [1.54, 1.807) is 0 Å². The molecule has 0 spiro atoms. The summed E-state index contributed by atoms with van der Waals surface area (Å²) >= 11 is 1.90. The van der Waals surface area contributed by atoms with Gasteiger partial charge in [0.05, 0.1) is 0 Å². The third-order valence-electron chi connectivity index (χ3n) is 2.05. The first kappa shape index (κ1) is 9.75. The molecule has 0 aliphatic heterocycles. The van der Waals surface area contributed by atoms with E-state index in [9.17, 15) is 0 Å². The van der Waals surface area contributed by atoms with Crippen LogP contribution >= 0.6 is 11.3 Å². The quantitative estimate of drug-likeness (QED) is 0.763. The highest BCUT2D eigenvalue weighted by atomic mass is 32.1. The first-order valence-electron chi connectivity index (χ1n) is 4.59. The molecule has 0 radical (unpaired) electrons. The van der Waals surface area contributed by atoms with Crippen LogP contribution in [0.1, 0.15) is 30.0 Å². The smallest absolute Gasteiger partial charge is 0.00845 e. The average molecular weight is 183 g/mol. The molecular formula is C10H17NS. The van der Waals surface area contributed by atoms with E-state index < -0.39 is 0 Å². The van der Waals surface area contributed by atoms with E-state index in [4.69, 9.17) is 5.73 Å². The maximum absolute atomic E-state index is 5.86.